The zero-order valence-electron chi connectivity index (χ0n) is 10.4. The van der Waals surface area contributed by atoms with Gasteiger partial charge in [-0.2, -0.15) is 0 Å². The fourth-order valence-corrected chi connectivity index (χ4v) is 2.36. The molecule has 0 bridgehead atoms. The van der Waals surface area contributed by atoms with E-state index in [4.69, 9.17) is 22.1 Å². The molecule has 0 heterocycles. The first-order chi connectivity index (χ1) is 7.89. The summed E-state index contributed by atoms with van der Waals surface area (Å²) in [6.45, 7) is 3.75. The van der Waals surface area contributed by atoms with Crippen molar-refractivity contribution in [3.8, 4) is 11.5 Å². The second-order valence-corrected chi connectivity index (χ2v) is 5.34. The Balaban J connectivity index is 2.53. The average Bonchev–Trinajstić information content (AvgIpc) is 3.01. The predicted molar refractivity (Wildman–Crippen MR) is 69.0 cm³/mol. The van der Waals surface area contributed by atoms with E-state index in [0.717, 1.165) is 29.5 Å². The van der Waals surface area contributed by atoms with Crippen LogP contribution in [0.1, 0.15) is 29.5 Å². The van der Waals surface area contributed by atoms with Crippen molar-refractivity contribution in [1.29, 1.82) is 0 Å². The van der Waals surface area contributed by atoms with Crippen LogP contribution in [0.5, 0.6) is 11.5 Å². The number of halogens is 1. The van der Waals surface area contributed by atoms with Gasteiger partial charge in [-0.15, -0.1) is 0 Å². The molecule has 1 aliphatic rings. The van der Waals surface area contributed by atoms with Gasteiger partial charge in [0, 0.05) is 16.7 Å². The van der Waals surface area contributed by atoms with Gasteiger partial charge >= 0.3 is 0 Å². The van der Waals surface area contributed by atoms with Crippen molar-refractivity contribution in [2.75, 3.05) is 7.11 Å². The fourth-order valence-electron chi connectivity index (χ4n) is 2.16. The lowest BCUT2D eigenvalue weighted by atomic mass is 9.96. The van der Waals surface area contributed by atoms with Crippen molar-refractivity contribution >= 4 is 11.6 Å². The lowest BCUT2D eigenvalue weighted by Gasteiger charge is -2.19. The van der Waals surface area contributed by atoms with E-state index in [-0.39, 0.29) is 11.3 Å². The molecule has 1 aromatic carbocycles. The number of aromatic hydroxyl groups is 1. The molecule has 2 rings (SSSR count). The van der Waals surface area contributed by atoms with Crippen LogP contribution in [0.2, 0.25) is 5.02 Å². The third kappa shape index (κ3) is 2.09. The number of hydrogen-bond acceptors (Lipinski definition) is 3. The minimum absolute atomic E-state index is 0.161. The van der Waals surface area contributed by atoms with E-state index in [0.29, 0.717) is 17.2 Å². The maximum Gasteiger partial charge on any atom is 0.165 e. The van der Waals surface area contributed by atoms with Crippen molar-refractivity contribution in [2.45, 2.75) is 38.6 Å². The van der Waals surface area contributed by atoms with Crippen molar-refractivity contribution in [1.82, 2.24) is 0 Å². The highest BCUT2D eigenvalue weighted by atomic mass is 35.5. The van der Waals surface area contributed by atoms with Gasteiger partial charge in [0.2, 0.25) is 0 Å². The van der Waals surface area contributed by atoms with Crippen LogP contribution >= 0.6 is 11.6 Å². The first-order valence-corrected chi connectivity index (χ1v) is 6.11. The van der Waals surface area contributed by atoms with Gasteiger partial charge in [0.05, 0.1) is 12.1 Å². The maximum atomic E-state index is 10.2. The molecular weight excluding hydrogens is 238 g/mol. The van der Waals surface area contributed by atoms with Crippen LogP contribution in [0.4, 0.5) is 0 Å². The molecule has 4 heteroatoms. The number of phenolic OH excluding ortho intramolecular Hbond substituents is 1. The molecule has 17 heavy (non-hydrogen) atoms. The third-order valence-corrected chi connectivity index (χ3v) is 4.14. The van der Waals surface area contributed by atoms with Crippen LogP contribution in [0.3, 0.4) is 0 Å². The first kappa shape index (κ1) is 12.5. The van der Waals surface area contributed by atoms with Crippen LogP contribution in [0.25, 0.3) is 0 Å². The molecule has 1 aromatic rings. The fraction of sp³-hybridized carbons (Fsp3) is 0.538. The topological polar surface area (TPSA) is 55.5 Å². The van der Waals surface area contributed by atoms with Gasteiger partial charge in [-0.05, 0) is 38.7 Å². The van der Waals surface area contributed by atoms with Gasteiger partial charge < -0.3 is 15.6 Å². The number of methoxy groups -OCH3 is 1. The summed E-state index contributed by atoms with van der Waals surface area (Å²) < 4.78 is 5.21. The van der Waals surface area contributed by atoms with E-state index in [1.54, 1.807) is 0 Å². The lowest BCUT2D eigenvalue weighted by molar-refractivity contribution is 0.366. The molecule has 1 aliphatic carbocycles. The summed E-state index contributed by atoms with van der Waals surface area (Å²) in [5.74, 6) is 0.642. The second kappa shape index (κ2) is 4.07. The summed E-state index contributed by atoms with van der Waals surface area (Å²) in [6.07, 6.45) is 2.65. The largest absolute Gasteiger partial charge is 0.504 e. The summed E-state index contributed by atoms with van der Waals surface area (Å²) in [4.78, 5) is 0. The molecule has 3 N–H and O–H groups in total. The number of ether oxygens (including phenoxy) is 1. The quantitative estimate of drug-likeness (QED) is 0.873. The summed E-state index contributed by atoms with van der Waals surface area (Å²) >= 11 is 6.26. The Morgan fingerprint density at radius 3 is 2.41 bits per heavy atom. The molecular formula is C13H18ClNO2. The van der Waals surface area contributed by atoms with Gasteiger partial charge in [0.25, 0.3) is 0 Å². The van der Waals surface area contributed by atoms with E-state index in [1.165, 1.54) is 7.11 Å². The highest BCUT2D eigenvalue weighted by Gasteiger charge is 2.39. The summed E-state index contributed by atoms with van der Waals surface area (Å²) in [5, 5.41) is 10.9. The molecule has 1 saturated carbocycles. The molecule has 0 aromatic heterocycles. The number of benzene rings is 1. The van der Waals surface area contributed by atoms with Gasteiger partial charge in [-0.25, -0.2) is 0 Å². The number of nitrogens with two attached hydrogens (primary N) is 1. The Morgan fingerprint density at radius 2 is 1.94 bits per heavy atom. The van der Waals surface area contributed by atoms with E-state index < -0.39 is 0 Å². The standard InChI is InChI=1S/C13H18ClNO2/c1-7-9(6-13(15)4-5-13)11(16)12(17-3)8(2)10(7)14/h16H,4-6,15H2,1-3H3. The molecule has 3 nitrogen and oxygen atoms in total. The Hall–Kier alpha value is -0.930. The molecule has 94 valence electrons. The van der Waals surface area contributed by atoms with Gasteiger partial charge in [-0.1, -0.05) is 11.6 Å². The normalized spacial score (nSPS) is 17.0. The maximum absolute atomic E-state index is 10.2. The van der Waals surface area contributed by atoms with E-state index in [9.17, 15) is 5.11 Å². The third-order valence-electron chi connectivity index (χ3n) is 3.58. The first-order valence-electron chi connectivity index (χ1n) is 5.73. The summed E-state index contributed by atoms with van der Waals surface area (Å²) in [5.41, 5.74) is 8.43. The van der Waals surface area contributed by atoms with Crippen molar-refractivity contribution in [3.63, 3.8) is 0 Å². The second-order valence-electron chi connectivity index (χ2n) is 4.96. The average molecular weight is 256 g/mol. The van der Waals surface area contributed by atoms with Gasteiger partial charge in [-0.3, -0.25) is 0 Å². The van der Waals surface area contributed by atoms with Gasteiger partial charge in [0.15, 0.2) is 11.5 Å². The Morgan fingerprint density at radius 1 is 1.35 bits per heavy atom. The predicted octanol–water partition coefficient (Wildman–Crippen LogP) is 2.70. The Labute approximate surface area is 107 Å². The zero-order valence-corrected chi connectivity index (χ0v) is 11.2. The lowest BCUT2D eigenvalue weighted by Crippen LogP contribution is -2.25. The SMILES string of the molecule is COc1c(C)c(Cl)c(C)c(CC2(N)CC2)c1O. The van der Waals surface area contributed by atoms with Crippen LogP contribution in [-0.4, -0.2) is 17.8 Å². The molecule has 0 unspecified atom stereocenters. The number of phenols is 1. The Kier molecular flexibility index (Phi) is 3.00. The van der Waals surface area contributed by atoms with Crippen LogP contribution in [-0.2, 0) is 6.42 Å². The monoisotopic (exact) mass is 255 g/mol. The van der Waals surface area contributed by atoms with Crippen LogP contribution < -0.4 is 10.5 Å². The van der Waals surface area contributed by atoms with Crippen molar-refractivity contribution in [3.05, 3.63) is 21.7 Å². The van der Waals surface area contributed by atoms with E-state index in [1.807, 2.05) is 13.8 Å². The Bertz CT molecular complexity index is 467. The van der Waals surface area contributed by atoms with E-state index in [2.05, 4.69) is 0 Å². The highest BCUT2D eigenvalue weighted by molar-refractivity contribution is 6.32. The number of rotatable bonds is 3. The molecule has 1 fully saturated rings. The van der Waals surface area contributed by atoms with Crippen molar-refractivity contribution < 1.29 is 9.84 Å². The van der Waals surface area contributed by atoms with Crippen molar-refractivity contribution in [2.24, 2.45) is 5.73 Å². The minimum atomic E-state index is -0.161. The summed E-state index contributed by atoms with van der Waals surface area (Å²) in [7, 11) is 1.53. The molecule has 0 spiro atoms. The summed E-state index contributed by atoms with van der Waals surface area (Å²) in [6, 6.07) is 0. The molecule has 0 atom stereocenters. The van der Waals surface area contributed by atoms with Crippen LogP contribution in [0, 0.1) is 13.8 Å². The zero-order chi connectivity index (χ0) is 12.8. The molecule has 0 radical (unpaired) electrons. The number of hydrogen-bond donors (Lipinski definition) is 2. The van der Waals surface area contributed by atoms with Gasteiger partial charge in [0.1, 0.15) is 0 Å². The van der Waals surface area contributed by atoms with Crippen LogP contribution in [0.15, 0.2) is 0 Å². The molecule has 0 amide bonds. The minimum Gasteiger partial charge on any atom is -0.504 e. The van der Waals surface area contributed by atoms with E-state index >= 15 is 0 Å². The molecule has 0 aliphatic heterocycles. The smallest absolute Gasteiger partial charge is 0.165 e. The highest BCUT2D eigenvalue weighted by Crippen LogP contribution is 2.45. The molecule has 0 saturated heterocycles.